The first-order valence-corrected chi connectivity index (χ1v) is 4.19. The zero-order valence-corrected chi connectivity index (χ0v) is 7.23. The first-order valence-electron chi connectivity index (χ1n) is 4.19. The van der Waals surface area contributed by atoms with Crippen molar-refractivity contribution in [1.29, 1.82) is 5.26 Å². The molecule has 13 heavy (non-hydrogen) atoms. The van der Waals surface area contributed by atoms with E-state index >= 15 is 0 Å². The van der Waals surface area contributed by atoms with Crippen LogP contribution in [0.1, 0.15) is 19.3 Å². The Morgan fingerprint density at radius 1 is 1.46 bits per heavy atom. The number of nitrogens with zero attached hydrogens (tertiary/aromatic N) is 2. The molecule has 0 spiro atoms. The molecule has 1 aliphatic heterocycles. The molecule has 0 aromatic rings. The summed E-state index contributed by atoms with van der Waals surface area (Å²) in [6.45, 7) is 0.638. The highest BCUT2D eigenvalue weighted by atomic mass is 16.4. The molecule has 1 unspecified atom stereocenters. The minimum Gasteiger partial charge on any atom is -0.465 e. The lowest BCUT2D eigenvalue weighted by Gasteiger charge is -2.17. The van der Waals surface area contributed by atoms with Gasteiger partial charge in [-0.3, -0.25) is 0 Å². The predicted molar refractivity (Wildman–Crippen MR) is 44.0 cm³/mol. The SMILES string of the molecule is N#CC1(O)CCCN(C(=O)O)CC1. The average Bonchev–Trinajstić information content (AvgIpc) is 2.28. The van der Waals surface area contributed by atoms with Crippen LogP contribution < -0.4 is 0 Å². The van der Waals surface area contributed by atoms with Gasteiger partial charge in [-0.2, -0.15) is 5.26 Å². The second-order valence-corrected chi connectivity index (χ2v) is 3.27. The molecule has 0 aromatic heterocycles. The molecule has 5 heteroatoms. The summed E-state index contributed by atoms with van der Waals surface area (Å²) in [4.78, 5) is 11.8. The maximum atomic E-state index is 10.6. The number of carbonyl (C=O) groups is 1. The third kappa shape index (κ3) is 2.33. The zero-order valence-electron chi connectivity index (χ0n) is 7.23. The molecule has 1 aliphatic rings. The van der Waals surface area contributed by atoms with Gasteiger partial charge >= 0.3 is 6.09 Å². The minimum absolute atomic E-state index is 0.204. The van der Waals surface area contributed by atoms with Crippen molar-refractivity contribution in [1.82, 2.24) is 4.90 Å². The third-order valence-electron chi connectivity index (χ3n) is 2.29. The van der Waals surface area contributed by atoms with Crippen molar-refractivity contribution >= 4 is 6.09 Å². The number of nitriles is 1. The smallest absolute Gasteiger partial charge is 0.407 e. The van der Waals surface area contributed by atoms with Crippen LogP contribution in [0.4, 0.5) is 4.79 Å². The summed E-state index contributed by atoms with van der Waals surface area (Å²) in [5.74, 6) is 0. The molecule has 0 aliphatic carbocycles. The van der Waals surface area contributed by atoms with Gasteiger partial charge in [0, 0.05) is 19.5 Å². The Kier molecular flexibility index (Phi) is 2.73. The van der Waals surface area contributed by atoms with Crippen molar-refractivity contribution in [2.45, 2.75) is 24.9 Å². The first-order chi connectivity index (χ1) is 6.07. The van der Waals surface area contributed by atoms with E-state index in [0.29, 0.717) is 19.4 Å². The zero-order chi connectivity index (χ0) is 9.90. The van der Waals surface area contributed by atoms with E-state index in [1.807, 2.05) is 6.07 Å². The van der Waals surface area contributed by atoms with E-state index < -0.39 is 11.7 Å². The average molecular weight is 184 g/mol. The Morgan fingerprint density at radius 2 is 2.15 bits per heavy atom. The monoisotopic (exact) mass is 184 g/mol. The topological polar surface area (TPSA) is 84.6 Å². The fourth-order valence-electron chi connectivity index (χ4n) is 1.42. The minimum atomic E-state index is -1.33. The number of likely N-dealkylation sites (tertiary alicyclic amines) is 1. The molecule has 1 heterocycles. The van der Waals surface area contributed by atoms with E-state index in [-0.39, 0.29) is 13.0 Å². The van der Waals surface area contributed by atoms with Crippen LogP contribution >= 0.6 is 0 Å². The number of carboxylic acid groups (broad SMARTS) is 1. The molecule has 2 N–H and O–H groups in total. The molecule has 0 saturated carbocycles. The lowest BCUT2D eigenvalue weighted by Crippen LogP contribution is -2.32. The molecule has 5 nitrogen and oxygen atoms in total. The molecule has 1 rings (SSSR count). The van der Waals surface area contributed by atoms with Crippen LogP contribution in [-0.2, 0) is 0 Å². The molecule has 0 aromatic carbocycles. The highest BCUT2D eigenvalue weighted by molar-refractivity contribution is 5.64. The number of hydrogen-bond acceptors (Lipinski definition) is 3. The highest BCUT2D eigenvalue weighted by Gasteiger charge is 2.30. The van der Waals surface area contributed by atoms with Crippen LogP contribution in [0.2, 0.25) is 0 Å². The third-order valence-corrected chi connectivity index (χ3v) is 2.29. The molecule has 0 radical (unpaired) electrons. The Morgan fingerprint density at radius 3 is 2.69 bits per heavy atom. The number of rotatable bonds is 0. The lowest BCUT2D eigenvalue weighted by atomic mass is 9.97. The molecule has 1 fully saturated rings. The number of hydrogen-bond donors (Lipinski definition) is 2. The fourth-order valence-corrected chi connectivity index (χ4v) is 1.42. The molecule has 1 saturated heterocycles. The van der Waals surface area contributed by atoms with Crippen LogP contribution in [0.15, 0.2) is 0 Å². The van der Waals surface area contributed by atoms with Crippen LogP contribution in [-0.4, -0.2) is 39.9 Å². The predicted octanol–water partition coefficient (Wildman–Crippen LogP) is 0.405. The van der Waals surface area contributed by atoms with E-state index in [1.165, 1.54) is 4.90 Å². The first kappa shape index (κ1) is 9.81. The van der Waals surface area contributed by atoms with Crippen molar-refractivity contribution in [3.05, 3.63) is 0 Å². The summed E-state index contributed by atoms with van der Waals surface area (Å²) in [7, 11) is 0. The summed E-state index contributed by atoms with van der Waals surface area (Å²) in [5, 5.41) is 26.9. The Bertz CT molecular complexity index is 248. The number of amides is 1. The fraction of sp³-hybridized carbons (Fsp3) is 0.750. The molecule has 1 amide bonds. The van der Waals surface area contributed by atoms with Gasteiger partial charge in [-0.15, -0.1) is 0 Å². The molecule has 72 valence electrons. The van der Waals surface area contributed by atoms with Gasteiger partial charge < -0.3 is 15.1 Å². The van der Waals surface area contributed by atoms with Gasteiger partial charge in [-0.1, -0.05) is 0 Å². The van der Waals surface area contributed by atoms with Crippen LogP contribution in [0.25, 0.3) is 0 Å². The van der Waals surface area contributed by atoms with Crippen molar-refractivity contribution in [2.75, 3.05) is 13.1 Å². The second-order valence-electron chi connectivity index (χ2n) is 3.27. The molecule has 0 bridgehead atoms. The van der Waals surface area contributed by atoms with E-state index in [1.54, 1.807) is 0 Å². The Hall–Kier alpha value is -1.28. The van der Waals surface area contributed by atoms with E-state index in [0.717, 1.165) is 0 Å². The molecular weight excluding hydrogens is 172 g/mol. The summed E-state index contributed by atoms with van der Waals surface area (Å²) in [6.07, 6.45) is 0.113. The Balaban J connectivity index is 2.60. The van der Waals surface area contributed by atoms with Crippen LogP contribution in [0.5, 0.6) is 0 Å². The maximum absolute atomic E-state index is 10.6. The van der Waals surface area contributed by atoms with Crippen molar-refractivity contribution in [3.8, 4) is 6.07 Å². The second kappa shape index (κ2) is 3.62. The van der Waals surface area contributed by atoms with Gasteiger partial charge in [0.05, 0.1) is 6.07 Å². The summed E-state index contributed by atoms with van der Waals surface area (Å²) in [5.41, 5.74) is -1.33. The van der Waals surface area contributed by atoms with E-state index in [4.69, 9.17) is 10.4 Å². The maximum Gasteiger partial charge on any atom is 0.407 e. The van der Waals surface area contributed by atoms with Crippen molar-refractivity contribution in [3.63, 3.8) is 0 Å². The number of aliphatic hydroxyl groups is 1. The lowest BCUT2D eigenvalue weighted by molar-refractivity contribution is 0.0819. The van der Waals surface area contributed by atoms with Gasteiger partial charge in [-0.05, 0) is 12.8 Å². The van der Waals surface area contributed by atoms with E-state index in [2.05, 4.69) is 0 Å². The summed E-state index contributed by atoms with van der Waals surface area (Å²) in [6, 6.07) is 1.82. The molecule has 1 atom stereocenters. The van der Waals surface area contributed by atoms with Gasteiger partial charge in [0.15, 0.2) is 5.60 Å². The molecular formula is C8H12N2O3. The quantitative estimate of drug-likeness (QED) is 0.534. The van der Waals surface area contributed by atoms with Gasteiger partial charge in [-0.25, -0.2) is 4.79 Å². The highest BCUT2D eigenvalue weighted by Crippen LogP contribution is 2.21. The summed E-state index contributed by atoms with van der Waals surface area (Å²) < 4.78 is 0. The largest absolute Gasteiger partial charge is 0.465 e. The Labute approximate surface area is 76.2 Å². The summed E-state index contributed by atoms with van der Waals surface area (Å²) >= 11 is 0. The standard InChI is InChI=1S/C8H12N2O3/c9-6-8(13)2-1-4-10(5-3-8)7(11)12/h13H,1-5H2,(H,11,12). The van der Waals surface area contributed by atoms with Crippen molar-refractivity contribution < 1.29 is 15.0 Å². The van der Waals surface area contributed by atoms with E-state index in [9.17, 15) is 9.90 Å². The van der Waals surface area contributed by atoms with Crippen molar-refractivity contribution in [2.24, 2.45) is 0 Å². The van der Waals surface area contributed by atoms with Crippen LogP contribution in [0.3, 0.4) is 0 Å². The van der Waals surface area contributed by atoms with Gasteiger partial charge in [0.2, 0.25) is 0 Å². The normalized spacial score (nSPS) is 29.1. The van der Waals surface area contributed by atoms with Gasteiger partial charge in [0.1, 0.15) is 0 Å². The van der Waals surface area contributed by atoms with Gasteiger partial charge in [0.25, 0.3) is 0 Å². The van der Waals surface area contributed by atoms with Crippen LogP contribution in [0, 0.1) is 11.3 Å².